The Hall–Kier alpha value is -2.60. The largest absolute Gasteiger partial charge is 0.0914 e. The molecule has 0 spiro atoms. The quantitative estimate of drug-likeness (QED) is 0.366. The molecule has 1 aliphatic carbocycles. The summed E-state index contributed by atoms with van der Waals surface area (Å²) in [6, 6.07) is 22.8. The van der Waals surface area contributed by atoms with Crippen molar-refractivity contribution in [3.05, 3.63) is 90.0 Å². The van der Waals surface area contributed by atoms with Gasteiger partial charge in [0, 0.05) is 0 Å². The van der Waals surface area contributed by atoms with Crippen molar-refractivity contribution in [3.8, 4) is 11.1 Å². The van der Waals surface area contributed by atoms with E-state index in [1.165, 1.54) is 71.6 Å². The molecule has 0 saturated heterocycles. The van der Waals surface area contributed by atoms with Gasteiger partial charge in [-0.1, -0.05) is 72.8 Å². The van der Waals surface area contributed by atoms with Gasteiger partial charge in [0.2, 0.25) is 0 Å². The first-order chi connectivity index (χ1) is 14.7. The fourth-order valence-corrected chi connectivity index (χ4v) is 4.92. The minimum absolute atomic E-state index is 0.835. The molecule has 0 amide bonds. The molecule has 0 atom stereocenters. The molecule has 0 unspecified atom stereocenters. The van der Waals surface area contributed by atoms with E-state index in [1.54, 1.807) is 0 Å². The maximum absolute atomic E-state index is 2.41. The van der Waals surface area contributed by atoms with Crippen molar-refractivity contribution in [1.82, 2.24) is 0 Å². The van der Waals surface area contributed by atoms with Gasteiger partial charge < -0.3 is 0 Å². The molecule has 0 bridgehead atoms. The standard InChI is InChI=1S/C30H34/c1-3-5-23-7-9-24(10-8-23)11-12-25-13-16-27(17-14-25)29-20-19-28-21-26(6-4-2)15-18-30(28)22-29/h3-6,13-24H,7-12H2,1-2H3/b5-3+,6-4+. The predicted octanol–water partition coefficient (Wildman–Crippen LogP) is 8.86. The summed E-state index contributed by atoms with van der Waals surface area (Å²) in [5.74, 6) is 1.75. The van der Waals surface area contributed by atoms with Crippen LogP contribution in [0.2, 0.25) is 0 Å². The Balaban J connectivity index is 1.38. The van der Waals surface area contributed by atoms with E-state index >= 15 is 0 Å². The summed E-state index contributed by atoms with van der Waals surface area (Å²) in [5.41, 5.74) is 5.35. The van der Waals surface area contributed by atoms with Crippen molar-refractivity contribution in [2.24, 2.45) is 11.8 Å². The molecule has 0 heteroatoms. The second-order valence-electron chi connectivity index (χ2n) is 8.86. The molecule has 0 N–H and O–H groups in total. The van der Waals surface area contributed by atoms with Crippen LogP contribution in [0.5, 0.6) is 0 Å². The van der Waals surface area contributed by atoms with E-state index in [0.29, 0.717) is 0 Å². The summed E-state index contributed by atoms with van der Waals surface area (Å²) in [7, 11) is 0. The van der Waals surface area contributed by atoms with Crippen molar-refractivity contribution >= 4 is 16.8 Å². The molecule has 1 saturated carbocycles. The Morgan fingerprint density at radius 3 is 2.17 bits per heavy atom. The third-order valence-electron chi connectivity index (χ3n) is 6.71. The smallest absolute Gasteiger partial charge is 0.0177 e. The van der Waals surface area contributed by atoms with Crippen LogP contribution in [0.4, 0.5) is 0 Å². The highest BCUT2D eigenvalue weighted by Crippen LogP contribution is 2.32. The Morgan fingerprint density at radius 1 is 0.733 bits per heavy atom. The molecule has 154 valence electrons. The lowest BCUT2D eigenvalue weighted by Crippen LogP contribution is -2.13. The maximum Gasteiger partial charge on any atom is -0.0177 e. The van der Waals surface area contributed by atoms with Gasteiger partial charge in [-0.05, 0) is 109 Å². The van der Waals surface area contributed by atoms with Crippen LogP contribution in [0.15, 0.2) is 78.9 Å². The van der Waals surface area contributed by atoms with Crippen LogP contribution in [0.3, 0.4) is 0 Å². The Morgan fingerprint density at radius 2 is 1.43 bits per heavy atom. The molecule has 4 rings (SSSR count). The van der Waals surface area contributed by atoms with Crippen molar-refractivity contribution < 1.29 is 0 Å². The van der Waals surface area contributed by atoms with E-state index in [-0.39, 0.29) is 0 Å². The van der Waals surface area contributed by atoms with Crippen molar-refractivity contribution in [3.63, 3.8) is 0 Å². The van der Waals surface area contributed by atoms with Crippen molar-refractivity contribution in [1.29, 1.82) is 0 Å². The molecule has 3 aromatic carbocycles. The van der Waals surface area contributed by atoms with Gasteiger partial charge in [0.05, 0.1) is 0 Å². The van der Waals surface area contributed by atoms with Crippen LogP contribution in [-0.4, -0.2) is 0 Å². The molecular weight excluding hydrogens is 360 g/mol. The summed E-state index contributed by atoms with van der Waals surface area (Å²) in [6.45, 7) is 4.21. The zero-order valence-corrected chi connectivity index (χ0v) is 18.5. The average Bonchev–Trinajstić information content (AvgIpc) is 2.79. The number of rotatable bonds is 6. The molecule has 30 heavy (non-hydrogen) atoms. The third kappa shape index (κ3) is 5.11. The van der Waals surface area contributed by atoms with E-state index in [2.05, 4.69) is 98.8 Å². The van der Waals surface area contributed by atoms with Crippen LogP contribution in [0.1, 0.15) is 57.1 Å². The topological polar surface area (TPSA) is 0 Å². The molecule has 0 radical (unpaired) electrons. The number of aryl methyl sites for hydroxylation is 1. The Bertz CT molecular complexity index is 1010. The van der Waals surface area contributed by atoms with Gasteiger partial charge in [-0.2, -0.15) is 0 Å². The van der Waals surface area contributed by atoms with Crippen LogP contribution in [-0.2, 0) is 6.42 Å². The number of hydrogen-bond acceptors (Lipinski definition) is 0. The SMILES string of the molecule is C/C=C/c1ccc2cc(-c3ccc(CCC4CCC(/C=C/C)CC4)cc3)ccc2c1. The summed E-state index contributed by atoms with van der Waals surface area (Å²) < 4.78 is 0. The van der Waals surface area contributed by atoms with E-state index < -0.39 is 0 Å². The first-order valence-corrected chi connectivity index (χ1v) is 11.6. The molecule has 3 aromatic rings. The summed E-state index contributed by atoms with van der Waals surface area (Å²) in [5, 5.41) is 2.61. The van der Waals surface area contributed by atoms with Gasteiger partial charge in [-0.3, -0.25) is 0 Å². The fourth-order valence-electron chi connectivity index (χ4n) is 4.92. The Labute approximate surface area is 182 Å². The lowest BCUT2D eigenvalue weighted by Gasteiger charge is -2.26. The molecule has 1 aliphatic rings. The van der Waals surface area contributed by atoms with Gasteiger partial charge in [0.1, 0.15) is 0 Å². The van der Waals surface area contributed by atoms with Gasteiger partial charge in [-0.15, -0.1) is 0 Å². The molecule has 0 aliphatic heterocycles. The van der Waals surface area contributed by atoms with Crippen LogP contribution < -0.4 is 0 Å². The monoisotopic (exact) mass is 394 g/mol. The van der Waals surface area contributed by atoms with E-state index in [1.807, 2.05) is 0 Å². The van der Waals surface area contributed by atoms with Gasteiger partial charge in [-0.25, -0.2) is 0 Å². The first kappa shape index (κ1) is 20.7. The number of hydrogen-bond donors (Lipinski definition) is 0. The first-order valence-electron chi connectivity index (χ1n) is 11.6. The van der Waals surface area contributed by atoms with Gasteiger partial charge in [0.25, 0.3) is 0 Å². The van der Waals surface area contributed by atoms with Crippen LogP contribution in [0.25, 0.3) is 28.0 Å². The van der Waals surface area contributed by atoms with E-state index in [0.717, 1.165) is 11.8 Å². The second-order valence-corrected chi connectivity index (χ2v) is 8.86. The highest BCUT2D eigenvalue weighted by Gasteiger charge is 2.19. The van der Waals surface area contributed by atoms with Crippen LogP contribution in [0, 0.1) is 11.8 Å². The predicted molar refractivity (Wildman–Crippen MR) is 133 cm³/mol. The Kier molecular flexibility index (Phi) is 6.84. The highest BCUT2D eigenvalue weighted by atomic mass is 14.2. The molecule has 0 heterocycles. The highest BCUT2D eigenvalue weighted by molar-refractivity contribution is 5.89. The average molecular weight is 395 g/mol. The summed E-state index contributed by atoms with van der Waals surface area (Å²) in [4.78, 5) is 0. The van der Waals surface area contributed by atoms with Gasteiger partial charge in [0.15, 0.2) is 0 Å². The van der Waals surface area contributed by atoms with Crippen molar-refractivity contribution in [2.75, 3.05) is 0 Å². The zero-order valence-electron chi connectivity index (χ0n) is 18.5. The molecule has 1 fully saturated rings. The third-order valence-corrected chi connectivity index (χ3v) is 6.71. The maximum atomic E-state index is 2.41. The zero-order chi connectivity index (χ0) is 20.8. The van der Waals surface area contributed by atoms with E-state index in [4.69, 9.17) is 0 Å². The van der Waals surface area contributed by atoms with Crippen LogP contribution >= 0.6 is 0 Å². The minimum atomic E-state index is 0.835. The minimum Gasteiger partial charge on any atom is -0.0914 e. The lowest BCUT2D eigenvalue weighted by molar-refractivity contribution is 0.296. The molecule has 0 nitrogen and oxygen atoms in total. The lowest BCUT2D eigenvalue weighted by atomic mass is 9.79. The molecule has 0 aromatic heterocycles. The fraction of sp³-hybridized carbons (Fsp3) is 0.333. The second kappa shape index (κ2) is 9.94. The number of benzene rings is 3. The summed E-state index contributed by atoms with van der Waals surface area (Å²) in [6.07, 6.45) is 17.0. The summed E-state index contributed by atoms with van der Waals surface area (Å²) >= 11 is 0. The van der Waals surface area contributed by atoms with Gasteiger partial charge >= 0.3 is 0 Å². The number of fused-ring (bicyclic) bond motifs is 1. The normalized spacial score (nSPS) is 19.8. The van der Waals surface area contributed by atoms with Crippen molar-refractivity contribution in [2.45, 2.75) is 52.4 Å². The number of allylic oxidation sites excluding steroid dienone is 3. The van der Waals surface area contributed by atoms with E-state index in [9.17, 15) is 0 Å². The molecular formula is C30H34.